The Morgan fingerprint density at radius 2 is 1.87 bits per heavy atom. The number of hydrogen-bond donors (Lipinski definition) is 0. The molecule has 0 bridgehead atoms. The standard InChI is InChI=1S/C8H7Cl3O3S/c1-2-14-7-3-6(10)8(4-5(7)9)15(11,12)13/h3-4H,2H2,1H3. The Morgan fingerprint density at radius 1 is 1.27 bits per heavy atom. The molecule has 0 radical (unpaired) electrons. The summed E-state index contributed by atoms with van der Waals surface area (Å²) in [4.78, 5) is -0.223. The molecule has 0 fully saturated rings. The lowest BCUT2D eigenvalue weighted by atomic mass is 10.3. The first kappa shape index (κ1) is 12.9. The van der Waals surface area contributed by atoms with Crippen molar-refractivity contribution >= 4 is 42.9 Å². The summed E-state index contributed by atoms with van der Waals surface area (Å²) < 4.78 is 27.2. The van der Waals surface area contributed by atoms with Crippen molar-refractivity contribution in [1.29, 1.82) is 0 Å². The van der Waals surface area contributed by atoms with E-state index in [4.69, 9.17) is 38.6 Å². The topological polar surface area (TPSA) is 43.4 Å². The molecule has 0 aliphatic heterocycles. The van der Waals surface area contributed by atoms with Crippen molar-refractivity contribution in [3.63, 3.8) is 0 Å². The lowest BCUT2D eigenvalue weighted by molar-refractivity contribution is 0.340. The van der Waals surface area contributed by atoms with Crippen LogP contribution in [-0.4, -0.2) is 15.0 Å². The van der Waals surface area contributed by atoms with Crippen LogP contribution in [0.4, 0.5) is 0 Å². The summed E-state index contributed by atoms with van der Waals surface area (Å²) in [5, 5.41) is 0.137. The molecule has 3 nitrogen and oxygen atoms in total. The van der Waals surface area contributed by atoms with Gasteiger partial charge in [-0.2, -0.15) is 0 Å². The van der Waals surface area contributed by atoms with Gasteiger partial charge in [-0.15, -0.1) is 0 Å². The fourth-order valence-corrected chi connectivity index (χ4v) is 2.76. The van der Waals surface area contributed by atoms with Gasteiger partial charge in [-0.3, -0.25) is 0 Å². The van der Waals surface area contributed by atoms with Crippen molar-refractivity contribution < 1.29 is 13.2 Å². The normalized spacial score (nSPS) is 11.5. The smallest absolute Gasteiger partial charge is 0.262 e. The zero-order valence-corrected chi connectivity index (χ0v) is 10.7. The van der Waals surface area contributed by atoms with Crippen LogP contribution in [0.5, 0.6) is 5.75 Å². The average molecular weight is 290 g/mol. The molecule has 1 aromatic carbocycles. The summed E-state index contributed by atoms with van der Waals surface area (Å²) in [6, 6.07) is 2.49. The molecule has 0 amide bonds. The highest BCUT2D eigenvalue weighted by atomic mass is 35.7. The van der Waals surface area contributed by atoms with Crippen molar-refractivity contribution in [3.8, 4) is 5.75 Å². The van der Waals surface area contributed by atoms with Crippen molar-refractivity contribution in [3.05, 3.63) is 22.2 Å². The van der Waals surface area contributed by atoms with Gasteiger partial charge < -0.3 is 4.74 Å². The predicted molar refractivity (Wildman–Crippen MR) is 60.7 cm³/mol. The Bertz CT molecular complexity index is 470. The Morgan fingerprint density at radius 3 is 2.33 bits per heavy atom. The van der Waals surface area contributed by atoms with Gasteiger partial charge in [0, 0.05) is 16.7 Å². The van der Waals surface area contributed by atoms with Crippen LogP contribution in [0.25, 0.3) is 0 Å². The summed E-state index contributed by atoms with van der Waals surface area (Å²) >= 11 is 11.5. The van der Waals surface area contributed by atoms with Crippen molar-refractivity contribution in [2.24, 2.45) is 0 Å². The van der Waals surface area contributed by atoms with E-state index in [0.717, 1.165) is 6.07 Å². The maximum atomic E-state index is 11.1. The molecule has 0 aromatic heterocycles. The van der Waals surface area contributed by atoms with Crippen molar-refractivity contribution in [2.45, 2.75) is 11.8 Å². The lowest BCUT2D eigenvalue weighted by Gasteiger charge is -2.08. The minimum atomic E-state index is -3.89. The van der Waals surface area contributed by atoms with Crippen LogP contribution < -0.4 is 4.74 Å². The van der Waals surface area contributed by atoms with E-state index in [0.29, 0.717) is 12.4 Å². The summed E-state index contributed by atoms with van der Waals surface area (Å²) in [5.74, 6) is 0.327. The third kappa shape index (κ3) is 3.14. The van der Waals surface area contributed by atoms with Gasteiger partial charge in [-0.1, -0.05) is 23.2 Å². The van der Waals surface area contributed by atoms with Gasteiger partial charge in [0.25, 0.3) is 9.05 Å². The molecule has 84 valence electrons. The summed E-state index contributed by atoms with van der Waals surface area (Å²) in [6.45, 7) is 2.18. The van der Waals surface area contributed by atoms with Crippen LogP contribution in [0, 0.1) is 0 Å². The molecular weight excluding hydrogens is 283 g/mol. The van der Waals surface area contributed by atoms with Crippen LogP contribution in [0.15, 0.2) is 17.0 Å². The Labute approximate surface area is 102 Å². The monoisotopic (exact) mass is 288 g/mol. The average Bonchev–Trinajstić information content (AvgIpc) is 2.09. The number of rotatable bonds is 3. The van der Waals surface area contributed by atoms with E-state index >= 15 is 0 Å². The largest absolute Gasteiger partial charge is 0.492 e. The van der Waals surface area contributed by atoms with Crippen LogP contribution >= 0.6 is 33.9 Å². The molecule has 15 heavy (non-hydrogen) atoms. The molecule has 7 heteroatoms. The Kier molecular flexibility index (Phi) is 4.12. The maximum Gasteiger partial charge on any atom is 0.262 e. The predicted octanol–water partition coefficient (Wildman–Crippen LogP) is 3.32. The minimum absolute atomic E-state index is 0.0159. The van der Waals surface area contributed by atoms with Crippen molar-refractivity contribution in [2.75, 3.05) is 6.61 Å². The van der Waals surface area contributed by atoms with E-state index in [-0.39, 0.29) is 14.9 Å². The fourth-order valence-electron chi connectivity index (χ4n) is 0.963. The highest BCUT2D eigenvalue weighted by molar-refractivity contribution is 8.13. The molecule has 0 N–H and O–H groups in total. The first-order chi connectivity index (χ1) is 6.86. The number of benzene rings is 1. The van der Waals surface area contributed by atoms with Gasteiger partial charge >= 0.3 is 0 Å². The van der Waals surface area contributed by atoms with Gasteiger partial charge in [0.15, 0.2) is 0 Å². The highest BCUT2D eigenvalue weighted by Crippen LogP contribution is 2.34. The quantitative estimate of drug-likeness (QED) is 0.802. The van der Waals surface area contributed by atoms with Crippen LogP contribution in [0.3, 0.4) is 0 Å². The molecule has 0 aliphatic carbocycles. The van der Waals surface area contributed by atoms with E-state index in [1.165, 1.54) is 6.07 Å². The molecule has 0 heterocycles. The summed E-state index contributed by atoms with van der Waals surface area (Å²) in [7, 11) is 1.27. The van der Waals surface area contributed by atoms with Gasteiger partial charge in [-0.05, 0) is 13.0 Å². The molecule has 0 atom stereocenters. The van der Waals surface area contributed by atoms with E-state index in [9.17, 15) is 8.42 Å². The van der Waals surface area contributed by atoms with E-state index in [1.54, 1.807) is 6.92 Å². The zero-order valence-electron chi connectivity index (χ0n) is 7.63. The van der Waals surface area contributed by atoms with Crippen LogP contribution in [0.2, 0.25) is 10.0 Å². The van der Waals surface area contributed by atoms with Crippen LogP contribution in [0.1, 0.15) is 6.92 Å². The molecule has 1 rings (SSSR count). The molecular formula is C8H7Cl3O3S. The lowest BCUT2D eigenvalue weighted by Crippen LogP contribution is -1.96. The first-order valence-electron chi connectivity index (χ1n) is 3.92. The van der Waals surface area contributed by atoms with E-state index in [2.05, 4.69) is 0 Å². The molecule has 0 saturated heterocycles. The number of halogens is 3. The zero-order chi connectivity index (χ0) is 11.6. The minimum Gasteiger partial charge on any atom is -0.492 e. The SMILES string of the molecule is CCOc1cc(Cl)c(S(=O)(=O)Cl)cc1Cl. The van der Waals surface area contributed by atoms with Gasteiger partial charge in [0.1, 0.15) is 10.6 Å². The van der Waals surface area contributed by atoms with Gasteiger partial charge in [-0.25, -0.2) is 8.42 Å². The Balaban J connectivity index is 3.32. The fraction of sp³-hybridized carbons (Fsp3) is 0.250. The second kappa shape index (κ2) is 4.78. The first-order valence-corrected chi connectivity index (χ1v) is 6.99. The molecule has 0 aliphatic rings. The highest BCUT2D eigenvalue weighted by Gasteiger charge is 2.17. The maximum absolute atomic E-state index is 11.1. The second-order valence-electron chi connectivity index (χ2n) is 2.58. The molecule has 0 saturated carbocycles. The Hall–Kier alpha value is -0.160. The summed E-state index contributed by atoms with van der Waals surface area (Å²) in [5.41, 5.74) is 0. The second-order valence-corrected chi connectivity index (χ2v) is 5.93. The van der Waals surface area contributed by atoms with Gasteiger partial charge in [0.05, 0.1) is 16.7 Å². The molecule has 0 spiro atoms. The third-order valence-electron chi connectivity index (χ3n) is 1.55. The van der Waals surface area contributed by atoms with Gasteiger partial charge in [0.2, 0.25) is 0 Å². The molecule has 1 aromatic rings. The summed E-state index contributed by atoms with van der Waals surface area (Å²) in [6.07, 6.45) is 0. The number of ether oxygens (including phenoxy) is 1. The van der Waals surface area contributed by atoms with Crippen LogP contribution in [-0.2, 0) is 9.05 Å². The van der Waals surface area contributed by atoms with E-state index in [1.807, 2.05) is 0 Å². The van der Waals surface area contributed by atoms with E-state index < -0.39 is 9.05 Å². The third-order valence-corrected chi connectivity index (χ3v) is 3.63. The number of hydrogen-bond acceptors (Lipinski definition) is 3. The molecule has 0 unspecified atom stereocenters. The van der Waals surface area contributed by atoms with Crippen molar-refractivity contribution in [1.82, 2.24) is 0 Å².